The average molecular weight is 679 g/mol. The molecule has 0 amide bonds. The van der Waals surface area contributed by atoms with Gasteiger partial charge < -0.3 is 4.74 Å². The largest absolute Gasteiger partial charge is 0.469 e. The Morgan fingerprint density at radius 2 is 1.31 bits per heavy atom. The van der Waals surface area contributed by atoms with Gasteiger partial charge in [0.1, 0.15) is 0 Å². The lowest BCUT2D eigenvalue weighted by Gasteiger charge is -2.27. The molecular weight excluding hydrogens is 653 g/mol. The van der Waals surface area contributed by atoms with Gasteiger partial charge in [0, 0.05) is 28.0 Å². The predicted octanol–water partition coefficient (Wildman–Crippen LogP) is 11.7. The lowest BCUT2D eigenvalue weighted by Crippen LogP contribution is -2.23. The Bertz CT molecular complexity index is 3690. The number of carbonyl (C=O) groups is 1. The van der Waals surface area contributed by atoms with Gasteiger partial charge in [0.05, 0.1) is 7.11 Å². The van der Waals surface area contributed by atoms with E-state index in [4.69, 9.17) is 4.74 Å². The van der Waals surface area contributed by atoms with Crippen LogP contribution in [0.2, 0.25) is 0 Å². The first-order valence-electron chi connectivity index (χ1n) is 19.2. The molecule has 3 heteroatoms. The van der Waals surface area contributed by atoms with Crippen LogP contribution in [-0.4, -0.2) is 13.1 Å². The molecule has 0 saturated heterocycles. The Morgan fingerprint density at radius 1 is 0.712 bits per heavy atom. The number of hydrogen-bond donors (Lipinski definition) is 0. The zero-order valence-corrected chi connectivity index (χ0v) is 29.1. The van der Waals surface area contributed by atoms with E-state index in [1.54, 1.807) is 116 Å². The highest BCUT2D eigenvalue weighted by atomic mass is 32.1. The van der Waals surface area contributed by atoms with Crippen LogP contribution in [0.25, 0.3) is 103 Å². The van der Waals surface area contributed by atoms with Crippen molar-refractivity contribution in [3.63, 3.8) is 0 Å². The number of esters is 1. The molecule has 2 nitrogen and oxygen atoms in total. The summed E-state index contributed by atoms with van der Waals surface area (Å²) in [5, 5.41) is 30.4. The van der Waals surface area contributed by atoms with E-state index in [0.29, 0.717) is 12.3 Å². The number of carbonyl (C=O) groups excluding carboxylic acids is 1. The molecule has 0 aliphatic heterocycles. The maximum atomic E-state index is 12.8. The minimum Gasteiger partial charge on any atom is -0.469 e. The van der Waals surface area contributed by atoms with E-state index >= 15 is 0 Å². The van der Waals surface area contributed by atoms with Crippen molar-refractivity contribution in [2.45, 2.75) is 55.3 Å². The van der Waals surface area contributed by atoms with Gasteiger partial charge in [0.15, 0.2) is 0 Å². The maximum Gasteiger partial charge on any atom is 0.305 e. The number of benzene rings is 8. The van der Waals surface area contributed by atoms with E-state index in [2.05, 4.69) is 60.0 Å². The summed E-state index contributed by atoms with van der Waals surface area (Å²) in [5.41, 5.74) is 13.7. The fourth-order valence-electron chi connectivity index (χ4n) is 15.1. The summed E-state index contributed by atoms with van der Waals surface area (Å²) in [4.78, 5) is 14.3. The molecule has 1 fully saturated rings. The Labute approximate surface area is 299 Å². The first kappa shape index (κ1) is 24.9. The minimum absolute atomic E-state index is 0.0929. The standard InChI is InChI=1S/C49H26O2S/c1-51-27(50)8-3-9-48(26-7-4-10-52-26)47-34-18-5-2-6-19-12-21-14-24-17-25-16-23-15-22-13-20(11-18)33-36-29(22)28(23)35-32(25)37-30(24)31(21)42-44-41(37)39(35)40(36)43(38(33)34)46(44)49(47,48)45(19)42/h2,4,6-7,10-13,16-17,47H,3,5,8-9,14-15H2,1H3/b6-2-. The highest BCUT2D eigenvalue weighted by Crippen LogP contribution is 2.87. The van der Waals surface area contributed by atoms with Gasteiger partial charge in [-0.1, -0.05) is 48.6 Å². The lowest BCUT2D eigenvalue weighted by molar-refractivity contribution is -0.140. The van der Waals surface area contributed by atoms with E-state index < -0.39 is 0 Å². The molecule has 11 aromatic rings. The SMILES string of the molecule is COC(=O)CCCC1(c2cccs2)C2c3c4cc5cc6c7c8c(cc9cc%10c%11c%12c(cc(c%13c%12c%12c(c%14c3c5c7c%14c3c8c9c%11c%123)C%1321)/C=C\C4)C%10)C6. The third-order valence-corrected chi connectivity index (χ3v) is 17.1. The number of hydrogen-bond acceptors (Lipinski definition) is 3. The molecule has 1 aromatic heterocycles. The van der Waals surface area contributed by atoms with E-state index in [1.165, 1.54) is 43.5 Å². The summed E-state index contributed by atoms with van der Waals surface area (Å²) in [6.07, 6.45) is 10.3. The summed E-state index contributed by atoms with van der Waals surface area (Å²) in [7, 11) is 1.54. The minimum atomic E-state index is -0.177. The molecule has 6 aliphatic carbocycles. The number of ether oxygens (including phenoxy) is 1. The van der Waals surface area contributed by atoms with Crippen LogP contribution in [0.3, 0.4) is 0 Å². The molecular formula is C49H26O2S. The Balaban J connectivity index is 1.24. The number of allylic oxidation sites excluding steroid dienone is 1. The summed E-state index contributed by atoms with van der Waals surface area (Å²) in [5.74, 6) is 0.235. The highest BCUT2D eigenvalue weighted by Gasteiger charge is 2.82. The predicted molar refractivity (Wildman–Crippen MR) is 214 cm³/mol. The van der Waals surface area contributed by atoms with Crippen LogP contribution in [-0.2, 0) is 39.6 Å². The van der Waals surface area contributed by atoms with Gasteiger partial charge in [-0.3, -0.25) is 4.79 Å². The van der Waals surface area contributed by atoms with Crippen LogP contribution >= 0.6 is 11.3 Å². The molecule has 0 N–H and O–H groups in total. The van der Waals surface area contributed by atoms with Gasteiger partial charge in [0.25, 0.3) is 0 Å². The molecule has 240 valence electrons. The van der Waals surface area contributed by atoms with Crippen LogP contribution < -0.4 is 0 Å². The zero-order chi connectivity index (χ0) is 33.0. The number of methoxy groups -OCH3 is 1. The van der Waals surface area contributed by atoms with Crippen LogP contribution in [0.4, 0.5) is 0 Å². The number of thiophene rings is 1. The third kappa shape index (κ3) is 1.95. The van der Waals surface area contributed by atoms with E-state index in [-0.39, 0.29) is 16.8 Å². The van der Waals surface area contributed by atoms with Gasteiger partial charge in [-0.15, -0.1) is 11.3 Å². The van der Waals surface area contributed by atoms with Crippen LogP contribution in [0, 0.1) is 0 Å². The van der Waals surface area contributed by atoms with Crippen molar-refractivity contribution in [2.75, 3.05) is 7.11 Å². The molecule has 52 heavy (non-hydrogen) atoms. The molecule has 1 heterocycles. The second-order valence-electron chi connectivity index (χ2n) is 17.5. The summed E-state index contributed by atoms with van der Waals surface area (Å²) in [6, 6.07) is 17.8. The molecule has 6 aliphatic rings. The quantitative estimate of drug-likeness (QED) is 0.134. The molecule has 0 radical (unpaired) electrons. The van der Waals surface area contributed by atoms with E-state index in [9.17, 15) is 4.79 Å². The second kappa shape index (κ2) is 6.96. The van der Waals surface area contributed by atoms with Gasteiger partial charge in [-0.25, -0.2) is 0 Å². The lowest BCUT2D eigenvalue weighted by atomic mass is 9.75. The van der Waals surface area contributed by atoms with Crippen molar-refractivity contribution in [1.29, 1.82) is 0 Å². The van der Waals surface area contributed by atoms with E-state index in [0.717, 1.165) is 32.1 Å². The topological polar surface area (TPSA) is 26.3 Å². The second-order valence-corrected chi connectivity index (χ2v) is 18.4. The van der Waals surface area contributed by atoms with Crippen molar-refractivity contribution >= 4 is 120 Å². The van der Waals surface area contributed by atoms with Crippen molar-refractivity contribution in [2.24, 2.45) is 0 Å². The molecule has 3 atom stereocenters. The van der Waals surface area contributed by atoms with Gasteiger partial charge >= 0.3 is 5.97 Å². The first-order chi connectivity index (χ1) is 25.7. The molecule has 17 rings (SSSR count). The third-order valence-electron chi connectivity index (χ3n) is 16.1. The molecule has 3 unspecified atom stereocenters. The van der Waals surface area contributed by atoms with Crippen molar-refractivity contribution < 1.29 is 9.53 Å². The van der Waals surface area contributed by atoms with Crippen molar-refractivity contribution in [3.05, 3.63) is 109 Å². The smallest absolute Gasteiger partial charge is 0.305 e. The molecule has 1 spiro atoms. The zero-order valence-electron chi connectivity index (χ0n) is 28.3. The Kier molecular flexibility index (Phi) is 3.33. The average Bonchev–Trinajstić information content (AvgIpc) is 3.89. The van der Waals surface area contributed by atoms with Crippen LogP contribution in [0.15, 0.2) is 53.9 Å². The maximum absolute atomic E-state index is 12.8. The molecule has 1 saturated carbocycles. The Morgan fingerprint density at radius 3 is 2.00 bits per heavy atom. The Hall–Kier alpha value is -5.25. The monoisotopic (exact) mass is 678 g/mol. The summed E-state index contributed by atoms with van der Waals surface area (Å²) >= 11 is 1.95. The van der Waals surface area contributed by atoms with Crippen LogP contribution in [0.1, 0.15) is 80.1 Å². The van der Waals surface area contributed by atoms with Gasteiger partial charge in [-0.05, 0) is 191 Å². The number of rotatable bonds is 5. The fraction of sp³-hybridized carbons (Fsp3) is 0.204. The fourth-order valence-corrected chi connectivity index (χ4v) is 16.1. The molecule has 2 bridgehead atoms. The normalized spacial score (nSPS) is 24.4. The summed E-state index contributed by atoms with van der Waals surface area (Å²) in [6.45, 7) is 0. The summed E-state index contributed by atoms with van der Waals surface area (Å²) < 4.78 is 5.26. The van der Waals surface area contributed by atoms with E-state index in [1.807, 2.05) is 11.3 Å². The molecule has 10 aromatic carbocycles. The van der Waals surface area contributed by atoms with Crippen molar-refractivity contribution in [3.8, 4) is 0 Å². The van der Waals surface area contributed by atoms with Crippen molar-refractivity contribution in [1.82, 2.24) is 0 Å². The first-order valence-corrected chi connectivity index (χ1v) is 20.1. The van der Waals surface area contributed by atoms with Crippen LogP contribution in [0.5, 0.6) is 0 Å². The van der Waals surface area contributed by atoms with Gasteiger partial charge in [0.2, 0.25) is 0 Å². The van der Waals surface area contributed by atoms with Gasteiger partial charge in [-0.2, -0.15) is 0 Å². The highest BCUT2D eigenvalue weighted by molar-refractivity contribution is 7.10.